The summed E-state index contributed by atoms with van der Waals surface area (Å²) in [6.45, 7) is 2.90. The summed E-state index contributed by atoms with van der Waals surface area (Å²) in [5, 5.41) is 9.11. The van der Waals surface area contributed by atoms with E-state index in [1.165, 1.54) is 0 Å². The van der Waals surface area contributed by atoms with Gasteiger partial charge in [-0.2, -0.15) is 4.98 Å². The number of nitrogens with one attached hydrogen (secondary N) is 2. The number of aromatic nitrogens is 3. The number of nitrogens with two attached hydrogens (primary N) is 1. The van der Waals surface area contributed by atoms with Gasteiger partial charge in [-0.05, 0) is 6.42 Å². The largest absolute Gasteiger partial charge is 0.368 e. The smallest absolute Gasteiger partial charge is 0.246 e. The van der Waals surface area contributed by atoms with Gasteiger partial charge in [-0.1, -0.05) is 6.92 Å². The minimum absolute atomic E-state index is 0.0530. The van der Waals surface area contributed by atoms with Crippen LogP contribution in [0, 0.1) is 0 Å². The minimum atomic E-state index is -0.0530. The number of aromatic amines is 1. The first-order valence-corrected chi connectivity index (χ1v) is 4.79. The van der Waals surface area contributed by atoms with Crippen LogP contribution in [-0.2, 0) is 4.79 Å². The molecule has 1 rings (SSSR count). The molecule has 1 amide bonds. The van der Waals surface area contributed by atoms with Crippen molar-refractivity contribution in [2.24, 2.45) is 0 Å². The lowest BCUT2D eigenvalue weighted by atomic mass is 10.4. The number of hydrogen-bond acceptors (Lipinski definition) is 5. The normalized spacial score (nSPS) is 10.0. The molecule has 0 fully saturated rings. The first-order valence-electron chi connectivity index (χ1n) is 4.79. The van der Waals surface area contributed by atoms with E-state index < -0.39 is 0 Å². The molecule has 1 heterocycles. The summed E-state index contributed by atoms with van der Waals surface area (Å²) < 4.78 is 0. The second-order valence-electron chi connectivity index (χ2n) is 3.23. The van der Waals surface area contributed by atoms with Gasteiger partial charge in [0.2, 0.25) is 17.8 Å². The van der Waals surface area contributed by atoms with Crippen molar-refractivity contribution in [3.63, 3.8) is 0 Å². The van der Waals surface area contributed by atoms with Crippen LogP contribution in [0.4, 0.5) is 11.9 Å². The Labute approximate surface area is 88.0 Å². The Morgan fingerprint density at radius 3 is 2.93 bits per heavy atom. The van der Waals surface area contributed by atoms with Crippen LogP contribution in [0.2, 0.25) is 0 Å². The van der Waals surface area contributed by atoms with Gasteiger partial charge in [0, 0.05) is 13.6 Å². The number of carbonyl (C=O) groups is 1. The Balaban J connectivity index is 2.41. The van der Waals surface area contributed by atoms with Gasteiger partial charge < -0.3 is 16.0 Å². The standard InChI is InChI=1S/C8H16N6O/c1-3-4-10-6(15)5-14(2)8-11-7(9)12-13-8/h3-5H2,1-2H3,(H,10,15)(H3,9,11,12,13). The van der Waals surface area contributed by atoms with E-state index in [1.807, 2.05) is 6.92 Å². The van der Waals surface area contributed by atoms with Gasteiger partial charge in [0.1, 0.15) is 0 Å². The van der Waals surface area contributed by atoms with E-state index in [1.54, 1.807) is 11.9 Å². The van der Waals surface area contributed by atoms with Crippen molar-refractivity contribution >= 4 is 17.8 Å². The molecule has 1 aromatic rings. The lowest BCUT2D eigenvalue weighted by Gasteiger charge is -2.13. The molecule has 0 unspecified atom stereocenters. The van der Waals surface area contributed by atoms with Crippen LogP contribution in [0.1, 0.15) is 13.3 Å². The summed E-state index contributed by atoms with van der Waals surface area (Å²) in [6, 6.07) is 0. The Morgan fingerprint density at radius 2 is 2.40 bits per heavy atom. The summed E-state index contributed by atoms with van der Waals surface area (Å²) in [7, 11) is 1.73. The van der Waals surface area contributed by atoms with Crippen LogP contribution >= 0.6 is 0 Å². The Kier molecular flexibility index (Phi) is 3.90. The molecule has 4 N–H and O–H groups in total. The summed E-state index contributed by atoms with van der Waals surface area (Å²) >= 11 is 0. The van der Waals surface area contributed by atoms with Crippen LogP contribution in [0.5, 0.6) is 0 Å². The molecule has 1 aromatic heterocycles. The summed E-state index contributed by atoms with van der Waals surface area (Å²) in [6.07, 6.45) is 0.920. The quantitative estimate of drug-likeness (QED) is 0.602. The third-order valence-corrected chi connectivity index (χ3v) is 1.79. The van der Waals surface area contributed by atoms with Crippen molar-refractivity contribution in [1.29, 1.82) is 0 Å². The Bertz CT molecular complexity index is 323. The molecular formula is C8H16N6O. The highest BCUT2D eigenvalue weighted by Gasteiger charge is 2.10. The van der Waals surface area contributed by atoms with Crippen molar-refractivity contribution in [1.82, 2.24) is 20.5 Å². The molecule has 7 heteroatoms. The number of rotatable bonds is 5. The fraction of sp³-hybridized carbons (Fsp3) is 0.625. The monoisotopic (exact) mass is 212 g/mol. The molecule has 0 radical (unpaired) electrons. The van der Waals surface area contributed by atoms with Gasteiger partial charge in [0.25, 0.3) is 0 Å². The van der Waals surface area contributed by atoms with E-state index in [2.05, 4.69) is 20.5 Å². The summed E-state index contributed by atoms with van der Waals surface area (Å²) in [5.41, 5.74) is 5.37. The van der Waals surface area contributed by atoms with E-state index in [4.69, 9.17) is 5.73 Å². The molecule has 84 valence electrons. The average Bonchev–Trinajstić information content (AvgIpc) is 2.61. The van der Waals surface area contributed by atoms with E-state index in [0.29, 0.717) is 12.5 Å². The SMILES string of the molecule is CCCNC(=O)CN(C)c1n[nH]c(N)n1. The first-order chi connectivity index (χ1) is 7.13. The average molecular weight is 212 g/mol. The summed E-state index contributed by atoms with van der Waals surface area (Å²) in [4.78, 5) is 16.9. The highest BCUT2D eigenvalue weighted by atomic mass is 16.2. The van der Waals surface area contributed by atoms with Gasteiger partial charge in [-0.15, -0.1) is 5.10 Å². The predicted octanol–water partition coefficient (Wildman–Crippen LogP) is -0.651. The zero-order valence-corrected chi connectivity index (χ0v) is 8.95. The number of amides is 1. The second-order valence-corrected chi connectivity index (χ2v) is 3.23. The van der Waals surface area contributed by atoms with Gasteiger partial charge in [-0.3, -0.25) is 4.79 Å². The number of H-pyrrole nitrogens is 1. The highest BCUT2D eigenvalue weighted by Crippen LogP contribution is 2.03. The maximum Gasteiger partial charge on any atom is 0.246 e. The molecule has 0 atom stereocenters. The van der Waals surface area contributed by atoms with E-state index >= 15 is 0 Å². The molecule has 0 aliphatic rings. The zero-order valence-electron chi connectivity index (χ0n) is 8.95. The molecule has 0 aromatic carbocycles. The third kappa shape index (κ3) is 3.45. The molecule has 7 nitrogen and oxygen atoms in total. The topological polar surface area (TPSA) is 99.9 Å². The van der Waals surface area contributed by atoms with Crippen molar-refractivity contribution < 1.29 is 4.79 Å². The molecule has 0 saturated carbocycles. The molecule has 0 spiro atoms. The fourth-order valence-corrected chi connectivity index (χ4v) is 1.04. The number of likely N-dealkylation sites (N-methyl/N-ethyl adjacent to an activating group) is 1. The fourth-order valence-electron chi connectivity index (χ4n) is 1.04. The maximum absolute atomic E-state index is 11.3. The van der Waals surface area contributed by atoms with Gasteiger partial charge in [0.15, 0.2) is 0 Å². The number of hydrogen-bond donors (Lipinski definition) is 3. The van der Waals surface area contributed by atoms with Crippen LogP contribution in [-0.4, -0.2) is 41.2 Å². The summed E-state index contributed by atoms with van der Waals surface area (Å²) in [5.74, 6) is 0.604. The van der Waals surface area contributed by atoms with Crippen LogP contribution in [0.15, 0.2) is 0 Å². The van der Waals surface area contributed by atoms with Crippen molar-refractivity contribution in [2.75, 3.05) is 30.8 Å². The molecular weight excluding hydrogens is 196 g/mol. The number of carbonyl (C=O) groups excluding carboxylic acids is 1. The molecule has 0 aliphatic heterocycles. The lowest BCUT2D eigenvalue weighted by Crippen LogP contribution is -2.35. The zero-order chi connectivity index (χ0) is 11.3. The highest BCUT2D eigenvalue weighted by molar-refractivity contribution is 5.80. The van der Waals surface area contributed by atoms with Crippen molar-refractivity contribution in [2.45, 2.75) is 13.3 Å². The van der Waals surface area contributed by atoms with Gasteiger partial charge >= 0.3 is 0 Å². The van der Waals surface area contributed by atoms with Crippen LogP contribution < -0.4 is 16.0 Å². The number of nitrogens with zero attached hydrogens (tertiary/aromatic N) is 3. The van der Waals surface area contributed by atoms with Crippen molar-refractivity contribution in [3.8, 4) is 0 Å². The van der Waals surface area contributed by atoms with E-state index in [9.17, 15) is 4.79 Å². The molecule has 0 bridgehead atoms. The Morgan fingerprint density at radius 1 is 1.67 bits per heavy atom. The van der Waals surface area contributed by atoms with Crippen LogP contribution in [0.25, 0.3) is 0 Å². The predicted molar refractivity (Wildman–Crippen MR) is 57.4 cm³/mol. The first kappa shape index (κ1) is 11.3. The van der Waals surface area contributed by atoms with Gasteiger partial charge in [-0.25, -0.2) is 5.10 Å². The Hall–Kier alpha value is -1.79. The third-order valence-electron chi connectivity index (χ3n) is 1.79. The molecule has 0 saturated heterocycles. The molecule has 15 heavy (non-hydrogen) atoms. The van der Waals surface area contributed by atoms with E-state index in [-0.39, 0.29) is 18.4 Å². The van der Waals surface area contributed by atoms with Gasteiger partial charge in [0.05, 0.1) is 6.54 Å². The van der Waals surface area contributed by atoms with Crippen molar-refractivity contribution in [3.05, 3.63) is 0 Å². The van der Waals surface area contributed by atoms with Crippen LogP contribution in [0.3, 0.4) is 0 Å². The van der Waals surface area contributed by atoms with E-state index in [0.717, 1.165) is 6.42 Å². The number of anilines is 2. The maximum atomic E-state index is 11.3. The lowest BCUT2D eigenvalue weighted by molar-refractivity contribution is -0.119. The minimum Gasteiger partial charge on any atom is -0.368 e. The molecule has 0 aliphatic carbocycles. The second kappa shape index (κ2) is 5.18. The number of nitrogen functional groups attached to an aromatic ring is 1.